The number of aliphatic hydroxyl groups excluding tert-OH is 1. The number of nitrogens with two attached hydrogens (primary N) is 3. The fourth-order valence-electron chi connectivity index (χ4n) is 9.96. The number of carboxylic acids is 1. The van der Waals surface area contributed by atoms with E-state index >= 15 is 0 Å². The number of phenols is 2. The molecule has 1 aliphatic rings. The first-order valence-corrected chi connectivity index (χ1v) is 29.4. The van der Waals surface area contributed by atoms with E-state index in [1.807, 2.05) is 0 Å². The molecule has 90 heavy (non-hydrogen) atoms. The van der Waals surface area contributed by atoms with Gasteiger partial charge in [-0.3, -0.25) is 52.7 Å². The predicted octanol–water partition coefficient (Wildman–Crippen LogP) is -2.35. The molecular weight excluding hydrogens is 1170 g/mol. The zero-order chi connectivity index (χ0) is 65.9. The molecule has 28 nitrogen and oxygen atoms in total. The van der Waals surface area contributed by atoms with Crippen molar-refractivity contribution in [2.24, 2.45) is 17.2 Å². The molecule has 0 spiro atoms. The van der Waals surface area contributed by atoms with Gasteiger partial charge in [-0.2, -0.15) is 0 Å². The first-order valence-electron chi connectivity index (χ1n) is 29.4. The number of aldehydes is 1. The van der Waals surface area contributed by atoms with Crippen molar-refractivity contribution < 1.29 is 78.0 Å². The number of likely N-dealkylation sites (tertiary alicyclic amines) is 1. The Morgan fingerprint density at radius 3 is 1.48 bits per heavy atom. The summed E-state index contributed by atoms with van der Waals surface area (Å²) >= 11 is 0. The lowest BCUT2D eigenvalue weighted by Gasteiger charge is -2.31. The monoisotopic (exact) mass is 1250 g/mol. The molecule has 10 atom stereocenters. The molecule has 0 bridgehead atoms. The number of aliphatic hydroxyl groups is 1. The van der Waals surface area contributed by atoms with E-state index in [1.54, 1.807) is 60.7 Å². The molecule has 0 aliphatic carbocycles. The maximum absolute atomic E-state index is 14.6. The van der Waals surface area contributed by atoms with Crippen molar-refractivity contribution in [3.05, 3.63) is 131 Å². The Morgan fingerprint density at radius 1 is 0.556 bits per heavy atom. The van der Waals surface area contributed by atoms with E-state index in [0.29, 0.717) is 35.8 Å². The number of unbranched alkanes of at least 4 members (excludes halogenated alkanes) is 1. The fourth-order valence-corrected chi connectivity index (χ4v) is 9.96. The molecule has 10 amide bonds. The number of phenolic OH excluding ortho intramolecular Hbond substituents is 2. The number of nitrogens with zero attached hydrogens (tertiary/aromatic N) is 1. The average Bonchev–Trinajstić information content (AvgIpc) is 3.25. The van der Waals surface area contributed by atoms with Crippen molar-refractivity contribution in [1.29, 1.82) is 0 Å². The summed E-state index contributed by atoms with van der Waals surface area (Å²) in [7, 11) is 0. The Bertz CT molecular complexity index is 3100. The van der Waals surface area contributed by atoms with E-state index in [0.717, 1.165) is 17.4 Å². The van der Waals surface area contributed by atoms with Gasteiger partial charge in [0.2, 0.25) is 59.1 Å². The third-order valence-corrected chi connectivity index (χ3v) is 14.7. The van der Waals surface area contributed by atoms with Crippen LogP contribution in [-0.2, 0) is 83.2 Å². The van der Waals surface area contributed by atoms with Gasteiger partial charge in [0.15, 0.2) is 0 Å². The Hall–Kier alpha value is -9.80. The highest BCUT2D eigenvalue weighted by atomic mass is 16.4. The van der Waals surface area contributed by atoms with Crippen LogP contribution in [0.3, 0.4) is 0 Å². The van der Waals surface area contributed by atoms with Gasteiger partial charge in [0.1, 0.15) is 66.1 Å². The van der Waals surface area contributed by atoms with Crippen molar-refractivity contribution in [2.45, 2.75) is 144 Å². The van der Waals surface area contributed by atoms with E-state index in [2.05, 4.69) is 42.5 Å². The third-order valence-electron chi connectivity index (χ3n) is 14.7. The minimum atomic E-state index is -1.84. The lowest BCUT2D eigenvalue weighted by Crippen LogP contribution is -2.62. The molecule has 0 radical (unpaired) electrons. The first-order chi connectivity index (χ1) is 43.0. The minimum absolute atomic E-state index is 0.00590. The number of aliphatic carboxylic acids is 1. The highest BCUT2D eigenvalue weighted by Gasteiger charge is 2.42. The highest BCUT2D eigenvalue weighted by molar-refractivity contribution is 6.00. The summed E-state index contributed by atoms with van der Waals surface area (Å²) < 4.78 is 0. The predicted molar refractivity (Wildman–Crippen MR) is 324 cm³/mol. The molecule has 4 aromatic carbocycles. The van der Waals surface area contributed by atoms with Gasteiger partial charge >= 0.3 is 5.97 Å². The molecule has 18 N–H and O–H groups in total. The van der Waals surface area contributed by atoms with E-state index in [1.165, 1.54) is 48.5 Å². The van der Waals surface area contributed by atoms with Gasteiger partial charge in [0.05, 0.1) is 25.1 Å². The number of hydrogen-bond donors (Lipinski definition) is 15. The molecule has 1 saturated heterocycles. The SMILES string of the molecule is C[C@@H](O)[C@H](NC(=O)[C@@H]1CCCN1C(=O)[C@H](CC(N)=O)NC(=O)[C@H](CCC(=O)O)NC(=O)[C@H](Cc1ccc(O)cc1)NC(=O)CN)C(=O)N[C@@H](Cc1ccc(O)cc1)C(=O)N[C@@H](CCCCN)C(=O)N[C@@H](Cc1ccccc1)C(=O)N[C@H](C=O)Cc1ccccc1. The van der Waals surface area contributed by atoms with Crippen LogP contribution in [0, 0.1) is 0 Å². The summed E-state index contributed by atoms with van der Waals surface area (Å²) in [6.07, 6.45) is -2.69. The van der Waals surface area contributed by atoms with Crippen LogP contribution in [-0.4, -0.2) is 177 Å². The molecule has 1 fully saturated rings. The topological polar surface area (TPSA) is 463 Å². The second-order valence-electron chi connectivity index (χ2n) is 21.8. The quantitative estimate of drug-likeness (QED) is 0.0167. The molecule has 5 rings (SSSR count). The van der Waals surface area contributed by atoms with E-state index in [9.17, 15) is 78.0 Å². The summed E-state index contributed by atoms with van der Waals surface area (Å²) in [4.78, 5) is 164. The number of aromatic hydroxyl groups is 2. The maximum atomic E-state index is 14.6. The molecule has 4 aromatic rings. The lowest BCUT2D eigenvalue weighted by molar-refractivity contribution is -0.144. The number of benzene rings is 4. The summed E-state index contributed by atoms with van der Waals surface area (Å²) in [6, 6.07) is 15.5. The largest absolute Gasteiger partial charge is 0.508 e. The van der Waals surface area contributed by atoms with Gasteiger partial charge in [-0.1, -0.05) is 84.9 Å². The fraction of sp³-hybridized carbons (Fsp3) is 0.419. The number of nitrogens with one attached hydrogen (secondary N) is 8. The summed E-state index contributed by atoms with van der Waals surface area (Å²) in [5, 5.41) is 60.8. The number of carbonyl (C=O) groups is 12. The molecule has 484 valence electrons. The summed E-state index contributed by atoms with van der Waals surface area (Å²) in [5.74, 6) is -11.2. The Morgan fingerprint density at radius 2 is 1.00 bits per heavy atom. The number of amides is 10. The van der Waals surface area contributed by atoms with Gasteiger partial charge < -0.3 is 89.9 Å². The molecular formula is C62H80N12O16. The zero-order valence-corrected chi connectivity index (χ0v) is 49.7. The van der Waals surface area contributed by atoms with Crippen molar-refractivity contribution in [2.75, 3.05) is 19.6 Å². The van der Waals surface area contributed by atoms with Crippen LogP contribution in [0.5, 0.6) is 11.5 Å². The summed E-state index contributed by atoms with van der Waals surface area (Å²) in [5.41, 5.74) is 19.1. The third kappa shape index (κ3) is 23.0. The minimum Gasteiger partial charge on any atom is -0.508 e. The van der Waals surface area contributed by atoms with Crippen molar-refractivity contribution in [3.8, 4) is 11.5 Å². The number of carbonyl (C=O) groups excluding carboxylic acids is 11. The second kappa shape index (κ2) is 35.9. The van der Waals surface area contributed by atoms with Crippen LogP contribution in [0.4, 0.5) is 0 Å². The lowest BCUT2D eigenvalue weighted by atomic mass is 10.0. The van der Waals surface area contributed by atoms with Crippen molar-refractivity contribution >= 4 is 71.3 Å². The molecule has 1 aliphatic heterocycles. The van der Waals surface area contributed by atoms with E-state index in [4.69, 9.17) is 17.2 Å². The smallest absolute Gasteiger partial charge is 0.303 e. The number of hydrogen-bond acceptors (Lipinski definition) is 17. The zero-order valence-electron chi connectivity index (χ0n) is 49.7. The van der Waals surface area contributed by atoms with Crippen molar-refractivity contribution in [1.82, 2.24) is 47.4 Å². The van der Waals surface area contributed by atoms with Gasteiger partial charge in [-0.25, -0.2) is 0 Å². The van der Waals surface area contributed by atoms with Crippen molar-refractivity contribution in [3.63, 3.8) is 0 Å². The molecule has 0 unspecified atom stereocenters. The molecule has 28 heteroatoms. The summed E-state index contributed by atoms with van der Waals surface area (Å²) in [6.45, 7) is 0.708. The van der Waals surface area contributed by atoms with Crippen LogP contribution in [0.25, 0.3) is 0 Å². The van der Waals surface area contributed by atoms with Crippen LogP contribution in [0.2, 0.25) is 0 Å². The van der Waals surface area contributed by atoms with Crippen LogP contribution in [0.1, 0.15) is 80.5 Å². The van der Waals surface area contributed by atoms with Gasteiger partial charge in [-0.05, 0) is 105 Å². The Labute approximate surface area is 519 Å². The van der Waals surface area contributed by atoms with E-state index < -0.39 is 151 Å². The highest BCUT2D eigenvalue weighted by Crippen LogP contribution is 2.21. The standard InChI is InChI=1S/C62H80N12O16/c1-36(76)54(73-60(88)50-16-10-28-74(50)62(90)49(33-51(65)79)72-56(84)45(25-26-53(81)82)69-58(86)46(67-52(80)34-64)31-39-17-21-42(77)22-18-39)61(89)71-48(32-40-19-23-43(78)24-20-40)59(87)68-44(15-8-9-27-63)55(83)70-47(30-38-13-6-3-7-14-38)57(85)66-41(35-75)29-37-11-4-2-5-12-37/h2-7,11-14,17-24,35-36,41,44-50,54,76-78H,8-10,15-16,25-34,63-64H2,1H3,(H2,65,79)(H,66,85)(H,67,80)(H,68,87)(H,69,86)(H,70,83)(H,71,89)(H,72,84)(H,73,88)(H,81,82)/t36-,41+,44+,45+,46+,47+,48+,49+,50+,54+/m1/s1. The van der Waals surface area contributed by atoms with Crippen LogP contribution in [0.15, 0.2) is 109 Å². The van der Waals surface area contributed by atoms with Crippen LogP contribution < -0.4 is 59.7 Å². The number of carboxylic acid groups (broad SMARTS) is 1. The maximum Gasteiger partial charge on any atom is 0.303 e. The molecule has 1 heterocycles. The first kappa shape index (κ1) is 71.0. The van der Waals surface area contributed by atoms with Gasteiger partial charge in [0, 0.05) is 32.2 Å². The van der Waals surface area contributed by atoms with Gasteiger partial charge in [0.25, 0.3) is 0 Å². The second-order valence-corrected chi connectivity index (χ2v) is 21.8. The van der Waals surface area contributed by atoms with E-state index in [-0.39, 0.29) is 69.5 Å². The average molecular weight is 1250 g/mol. The van der Waals surface area contributed by atoms with Gasteiger partial charge in [-0.15, -0.1) is 0 Å². The number of rotatable bonds is 36. The Balaban J connectivity index is 1.35. The number of primary amides is 1. The molecule has 0 saturated carbocycles. The normalized spacial score (nSPS) is 15.7. The Kier molecular flexibility index (Phi) is 28.3. The van der Waals surface area contributed by atoms with Crippen LogP contribution >= 0.6 is 0 Å². The molecule has 0 aromatic heterocycles.